The zero-order chi connectivity index (χ0) is 17.9. The normalized spacial score (nSPS) is 13.4. The molecule has 0 bridgehead atoms. The van der Waals surface area contributed by atoms with Crippen molar-refractivity contribution >= 4 is 33.3 Å². The largest absolute Gasteiger partial charge is 0.288 e. The fourth-order valence-corrected chi connectivity index (χ4v) is 4.93. The van der Waals surface area contributed by atoms with Crippen molar-refractivity contribution in [3.63, 3.8) is 0 Å². The van der Waals surface area contributed by atoms with Gasteiger partial charge < -0.3 is 0 Å². The van der Waals surface area contributed by atoms with E-state index in [9.17, 15) is 8.42 Å². The Morgan fingerprint density at radius 3 is 2.52 bits per heavy atom. The molecule has 2 aromatic carbocycles. The zero-order valence-electron chi connectivity index (χ0n) is 14.6. The molecule has 3 rings (SSSR count). The molecular weight excluding hydrogens is 354 g/mol. The summed E-state index contributed by atoms with van der Waals surface area (Å²) < 4.78 is 30.3. The molecule has 0 aliphatic carbocycles. The minimum absolute atomic E-state index is 0.00523. The molecule has 0 radical (unpaired) electrons. The van der Waals surface area contributed by atoms with Crippen molar-refractivity contribution in [2.75, 3.05) is 10.8 Å². The highest BCUT2D eigenvalue weighted by Gasteiger charge is 2.30. The van der Waals surface area contributed by atoms with Gasteiger partial charge in [0.2, 0.25) is 0 Å². The smallest absolute Gasteiger partial charge is 0.202 e. The lowest BCUT2D eigenvalue weighted by atomic mass is 10.1. The highest BCUT2D eigenvalue weighted by atomic mass is 32.2. The van der Waals surface area contributed by atoms with Gasteiger partial charge in [0.05, 0.1) is 17.1 Å². The quantitative estimate of drug-likeness (QED) is 0.655. The van der Waals surface area contributed by atoms with Gasteiger partial charge in [-0.2, -0.15) is 8.42 Å². The number of anilines is 2. The predicted molar refractivity (Wildman–Crippen MR) is 103 cm³/mol. The van der Waals surface area contributed by atoms with Gasteiger partial charge in [0.25, 0.3) is 10.1 Å². The molecule has 25 heavy (non-hydrogen) atoms. The van der Waals surface area contributed by atoms with Crippen LogP contribution in [0.4, 0.5) is 11.4 Å². The summed E-state index contributed by atoms with van der Waals surface area (Å²) in [6, 6.07) is 13.9. The molecule has 6 heteroatoms. The van der Waals surface area contributed by atoms with Crippen LogP contribution in [-0.2, 0) is 20.8 Å². The van der Waals surface area contributed by atoms with Crippen LogP contribution in [0.3, 0.4) is 0 Å². The standard InChI is InChI=1S/C19H23NO3S2/c1-3-5-9-15-10-8-13-18-19(15)20(23-25(21,22)14-4-2)16-11-6-7-12-17(16)24-18/h6-8,10-13H,3-5,9,14H2,1-2H3. The van der Waals surface area contributed by atoms with E-state index in [1.54, 1.807) is 11.8 Å². The van der Waals surface area contributed by atoms with E-state index >= 15 is 0 Å². The molecule has 1 aliphatic heterocycles. The van der Waals surface area contributed by atoms with E-state index in [4.69, 9.17) is 4.28 Å². The Kier molecular flexibility index (Phi) is 5.71. The molecule has 0 saturated heterocycles. The van der Waals surface area contributed by atoms with E-state index in [0.717, 1.165) is 46.0 Å². The Hall–Kier alpha value is -1.50. The van der Waals surface area contributed by atoms with Crippen molar-refractivity contribution in [3.05, 3.63) is 48.0 Å². The molecule has 2 aromatic rings. The van der Waals surface area contributed by atoms with Crippen LogP contribution in [0.5, 0.6) is 0 Å². The molecule has 0 atom stereocenters. The summed E-state index contributed by atoms with van der Waals surface area (Å²) in [4.78, 5) is 2.02. The molecule has 0 spiro atoms. The molecule has 0 fully saturated rings. The van der Waals surface area contributed by atoms with Crippen molar-refractivity contribution in [3.8, 4) is 0 Å². The van der Waals surface area contributed by atoms with Gasteiger partial charge in [-0.25, -0.2) is 5.06 Å². The number of unbranched alkanes of at least 4 members (excludes halogenated alkanes) is 1. The number of aryl methyl sites for hydroxylation is 1. The lowest BCUT2D eigenvalue weighted by molar-refractivity contribution is 0.318. The first-order valence-electron chi connectivity index (χ1n) is 8.67. The Bertz CT molecular complexity index is 849. The Balaban J connectivity index is 2.09. The fourth-order valence-electron chi connectivity index (χ4n) is 2.88. The molecule has 0 saturated carbocycles. The molecule has 0 aromatic heterocycles. The van der Waals surface area contributed by atoms with Crippen molar-refractivity contribution in [1.29, 1.82) is 0 Å². The maximum atomic E-state index is 12.4. The van der Waals surface area contributed by atoms with Gasteiger partial charge in [0, 0.05) is 9.79 Å². The predicted octanol–water partition coefficient (Wildman–Crippen LogP) is 5.30. The topological polar surface area (TPSA) is 46.6 Å². The second-order valence-electron chi connectivity index (χ2n) is 6.07. The third kappa shape index (κ3) is 4.02. The van der Waals surface area contributed by atoms with Crippen LogP contribution >= 0.6 is 11.8 Å². The van der Waals surface area contributed by atoms with Crippen LogP contribution in [0.2, 0.25) is 0 Å². The van der Waals surface area contributed by atoms with Crippen LogP contribution in [0.25, 0.3) is 0 Å². The van der Waals surface area contributed by atoms with Crippen LogP contribution in [0.15, 0.2) is 52.3 Å². The Morgan fingerprint density at radius 1 is 1.00 bits per heavy atom. The van der Waals surface area contributed by atoms with Crippen LogP contribution in [0, 0.1) is 0 Å². The second kappa shape index (κ2) is 7.81. The highest BCUT2D eigenvalue weighted by molar-refractivity contribution is 7.99. The number of benzene rings is 2. The number of nitrogens with zero attached hydrogens (tertiary/aromatic N) is 1. The van der Waals surface area contributed by atoms with Gasteiger partial charge in [-0.1, -0.05) is 56.3 Å². The number of rotatable bonds is 7. The molecule has 4 nitrogen and oxygen atoms in total. The molecule has 0 unspecified atom stereocenters. The third-order valence-electron chi connectivity index (χ3n) is 4.03. The summed E-state index contributed by atoms with van der Waals surface area (Å²) in [5.41, 5.74) is 2.76. The third-order valence-corrected chi connectivity index (χ3v) is 6.43. The first-order valence-corrected chi connectivity index (χ1v) is 11.1. The second-order valence-corrected chi connectivity index (χ2v) is 8.82. The lowest BCUT2D eigenvalue weighted by Gasteiger charge is -2.32. The van der Waals surface area contributed by atoms with E-state index in [1.165, 1.54) is 5.06 Å². The van der Waals surface area contributed by atoms with Gasteiger partial charge in [-0.05, 0) is 43.0 Å². The summed E-state index contributed by atoms with van der Waals surface area (Å²) in [6.07, 6.45) is 3.56. The van der Waals surface area contributed by atoms with Crippen LogP contribution in [0.1, 0.15) is 38.7 Å². The number of fused-ring (bicyclic) bond motifs is 2. The average Bonchev–Trinajstić information content (AvgIpc) is 2.59. The Labute approximate surface area is 154 Å². The highest BCUT2D eigenvalue weighted by Crippen LogP contribution is 2.50. The summed E-state index contributed by atoms with van der Waals surface area (Å²) in [5.74, 6) is 0.00523. The maximum Gasteiger partial charge on any atom is 0.288 e. The molecule has 1 aliphatic rings. The monoisotopic (exact) mass is 377 g/mol. The fraction of sp³-hybridized carbons (Fsp3) is 0.368. The van der Waals surface area contributed by atoms with Gasteiger partial charge >= 0.3 is 0 Å². The molecular formula is C19H23NO3S2. The van der Waals surface area contributed by atoms with Crippen molar-refractivity contribution in [1.82, 2.24) is 0 Å². The van der Waals surface area contributed by atoms with Crippen LogP contribution in [-0.4, -0.2) is 14.2 Å². The number of hydrogen-bond donors (Lipinski definition) is 0. The first kappa shape index (κ1) is 18.3. The molecule has 0 N–H and O–H groups in total. The van der Waals surface area contributed by atoms with Crippen molar-refractivity contribution in [2.24, 2.45) is 0 Å². The van der Waals surface area contributed by atoms with Crippen LogP contribution < -0.4 is 5.06 Å². The van der Waals surface area contributed by atoms with E-state index in [1.807, 2.05) is 43.3 Å². The SMILES string of the molecule is CCCCc1cccc2c1N(OS(=O)(=O)CCC)c1ccccc1S2. The summed E-state index contributed by atoms with van der Waals surface area (Å²) in [5, 5.41) is 1.52. The molecule has 134 valence electrons. The van der Waals surface area contributed by atoms with Gasteiger partial charge in [0.1, 0.15) is 0 Å². The van der Waals surface area contributed by atoms with Crippen molar-refractivity contribution in [2.45, 2.75) is 49.3 Å². The van der Waals surface area contributed by atoms with E-state index in [0.29, 0.717) is 6.42 Å². The van der Waals surface area contributed by atoms with Gasteiger partial charge in [-0.15, -0.1) is 4.28 Å². The van der Waals surface area contributed by atoms with Gasteiger partial charge in [-0.3, -0.25) is 0 Å². The van der Waals surface area contributed by atoms with E-state index in [-0.39, 0.29) is 5.75 Å². The minimum atomic E-state index is -3.64. The number of para-hydroxylation sites is 2. The maximum absolute atomic E-state index is 12.4. The summed E-state index contributed by atoms with van der Waals surface area (Å²) >= 11 is 1.66. The Morgan fingerprint density at radius 2 is 1.76 bits per heavy atom. The minimum Gasteiger partial charge on any atom is -0.202 e. The summed E-state index contributed by atoms with van der Waals surface area (Å²) in [7, 11) is -3.64. The van der Waals surface area contributed by atoms with Gasteiger partial charge in [0.15, 0.2) is 0 Å². The zero-order valence-corrected chi connectivity index (χ0v) is 16.2. The summed E-state index contributed by atoms with van der Waals surface area (Å²) in [6.45, 7) is 3.99. The lowest BCUT2D eigenvalue weighted by Crippen LogP contribution is -2.27. The van der Waals surface area contributed by atoms with E-state index in [2.05, 4.69) is 13.0 Å². The number of hydrogen-bond acceptors (Lipinski definition) is 5. The average molecular weight is 378 g/mol. The molecule has 1 heterocycles. The first-order chi connectivity index (χ1) is 12.1. The van der Waals surface area contributed by atoms with Crippen molar-refractivity contribution < 1.29 is 12.7 Å². The van der Waals surface area contributed by atoms with E-state index < -0.39 is 10.1 Å². The molecule has 0 amide bonds.